The second kappa shape index (κ2) is 6.35. The van der Waals surface area contributed by atoms with Crippen LogP contribution in [0.3, 0.4) is 0 Å². The van der Waals surface area contributed by atoms with Crippen molar-refractivity contribution < 1.29 is 4.74 Å². The van der Waals surface area contributed by atoms with Crippen molar-refractivity contribution in [1.29, 1.82) is 0 Å². The van der Waals surface area contributed by atoms with E-state index in [9.17, 15) is 0 Å². The van der Waals surface area contributed by atoms with Crippen LogP contribution < -0.4 is 5.73 Å². The number of hydrogen-bond donors (Lipinski definition) is 1. The minimum Gasteiger partial charge on any atom is -0.369 e. The molecule has 0 amide bonds. The standard InChI is InChI=1S/C16H27NO/c1-6-16(7-2,11-17)18-10-15-13(4)8-12(3)9-14(15)5/h8-9H,6-7,10-11,17H2,1-5H3. The van der Waals surface area contributed by atoms with Crippen molar-refractivity contribution in [1.82, 2.24) is 0 Å². The van der Waals surface area contributed by atoms with Crippen molar-refractivity contribution in [2.45, 2.75) is 59.7 Å². The Labute approximate surface area is 112 Å². The molecule has 0 saturated heterocycles. The molecule has 0 fully saturated rings. The molecule has 0 bridgehead atoms. The predicted octanol–water partition coefficient (Wildman–Crippen LogP) is 3.65. The Balaban J connectivity index is 2.86. The lowest BCUT2D eigenvalue weighted by atomic mass is 9.96. The zero-order valence-corrected chi connectivity index (χ0v) is 12.5. The molecule has 102 valence electrons. The molecule has 0 aliphatic carbocycles. The number of aryl methyl sites for hydroxylation is 3. The molecule has 2 N–H and O–H groups in total. The van der Waals surface area contributed by atoms with Crippen molar-refractivity contribution in [3.05, 3.63) is 34.4 Å². The highest BCUT2D eigenvalue weighted by atomic mass is 16.5. The molecule has 2 nitrogen and oxygen atoms in total. The van der Waals surface area contributed by atoms with E-state index in [1.54, 1.807) is 0 Å². The van der Waals surface area contributed by atoms with Crippen molar-refractivity contribution in [2.24, 2.45) is 5.73 Å². The van der Waals surface area contributed by atoms with E-state index >= 15 is 0 Å². The summed E-state index contributed by atoms with van der Waals surface area (Å²) in [6.07, 6.45) is 1.92. The number of rotatable bonds is 6. The highest BCUT2D eigenvalue weighted by molar-refractivity contribution is 5.37. The number of ether oxygens (including phenoxy) is 1. The molecule has 0 aliphatic heterocycles. The van der Waals surface area contributed by atoms with Crippen LogP contribution in [0.25, 0.3) is 0 Å². The summed E-state index contributed by atoms with van der Waals surface area (Å²) in [5, 5.41) is 0. The van der Waals surface area contributed by atoms with E-state index in [0.717, 1.165) is 12.8 Å². The van der Waals surface area contributed by atoms with E-state index in [2.05, 4.69) is 46.8 Å². The third kappa shape index (κ3) is 3.33. The summed E-state index contributed by atoms with van der Waals surface area (Å²) < 4.78 is 6.14. The van der Waals surface area contributed by atoms with Crippen LogP contribution in [-0.4, -0.2) is 12.1 Å². The summed E-state index contributed by atoms with van der Waals surface area (Å²) in [7, 11) is 0. The monoisotopic (exact) mass is 249 g/mol. The lowest BCUT2D eigenvalue weighted by molar-refractivity contribution is -0.0556. The van der Waals surface area contributed by atoms with Gasteiger partial charge in [-0.3, -0.25) is 0 Å². The quantitative estimate of drug-likeness (QED) is 0.835. The van der Waals surface area contributed by atoms with E-state index in [4.69, 9.17) is 10.5 Å². The molecule has 18 heavy (non-hydrogen) atoms. The first kappa shape index (κ1) is 15.2. The smallest absolute Gasteiger partial charge is 0.0803 e. The van der Waals surface area contributed by atoms with Gasteiger partial charge in [-0.05, 0) is 50.3 Å². The second-order valence-electron chi connectivity index (χ2n) is 5.26. The maximum atomic E-state index is 6.14. The van der Waals surface area contributed by atoms with Crippen molar-refractivity contribution in [3.63, 3.8) is 0 Å². The van der Waals surface area contributed by atoms with Gasteiger partial charge in [0.1, 0.15) is 0 Å². The maximum Gasteiger partial charge on any atom is 0.0803 e. The Morgan fingerprint density at radius 1 is 1.06 bits per heavy atom. The van der Waals surface area contributed by atoms with Gasteiger partial charge in [-0.2, -0.15) is 0 Å². The van der Waals surface area contributed by atoms with Crippen molar-refractivity contribution in [2.75, 3.05) is 6.54 Å². The lowest BCUT2D eigenvalue weighted by Crippen LogP contribution is -2.39. The molecule has 1 rings (SSSR count). The van der Waals surface area contributed by atoms with Gasteiger partial charge in [0.15, 0.2) is 0 Å². The van der Waals surface area contributed by atoms with Crippen LogP contribution in [0.15, 0.2) is 12.1 Å². The third-order valence-electron chi connectivity index (χ3n) is 4.02. The normalized spacial score (nSPS) is 11.9. The molecular formula is C16H27NO. The van der Waals surface area contributed by atoms with Gasteiger partial charge in [-0.1, -0.05) is 31.5 Å². The molecule has 0 spiro atoms. The van der Waals surface area contributed by atoms with Gasteiger partial charge in [-0.25, -0.2) is 0 Å². The molecule has 0 heterocycles. The summed E-state index contributed by atoms with van der Waals surface area (Å²) in [5.41, 5.74) is 10.9. The van der Waals surface area contributed by atoms with E-state index < -0.39 is 0 Å². The third-order valence-corrected chi connectivity index (χ3v) is 4.02. The molecule has 0 atom stereocenters. The fourth-order valence-electron chi connectivity index (χ4n) is 2.46. The van der Waals surface area contributed by atoms with Crippen LogP contribution in [0, 0.1) is 20.8 Å². The molecule has 0 aliphatic rings. The van der Waals surface area contributed by atoms with E-state index in [-0.39, 0.29) is 5.60 Å². The lowest BCUT2D eigenvalue weighted by Gasteiger charge is -2.31. The number of benzene rings is 1. The van der Waals surface area contributed by atoms with Crippen LogP contribution in [0.1, 0.15) is 48.9 Å². The van der Waals surface area contributed by atoms with Crippen LogP contribution in [0.5, 0.6) is 0 Å². The van der Waals surface area contributed by atoms with Gasteiger partial charge in [0, 0.05) is 6.54 Å². The zero-order valence-electron chi connectivity index (χ0n) is 12.5. The highest BCUT2D eigenvalue weighted by Crippen LogP contribution is 2.24. The highest BCUT2D eigenvalue weighted by Gasteiger charge is 2.25. The zero-order chi connectivity index (χ0) is 13.8. The minimum absolute atomic E-state index is 0.163. The molecule has 0 aromatic heterocycles. The summed E-state index contributed by atoms with van der Waals surface area (Å²) in [4.78, 5) is 0. The van der Waals surface area contributed by atoms with Crippen molar-refractivity contribution >= 4 is 0 Å². The van der Waals surface area contributed by atoms with Gasteiger partial charge in [0.05, 0.1) is 12.2 Å². The van der Waals surface area contributed by atoms with E-state index in [1.165, 1.54) is 22.3 Å². The molecule has 0 radical (unpaired) electrons. The summed E-state index contributed by atoms with van der Waals surface area (Å²) in [5.74, 6) is 0. The van der Waals surface area contributed by atoms with Gasteiger partial charge < -0.3 is 10.5 Å². The molecule has 1 aromatic carbocycles. The van der Waals surface area contributed by atoms with Gasteiger partial charge in [0.2, 0.25) is 0 Å². The molecule has 0 unspecified atom stereocenters. The first-order valence-corrected chi connectivity index (χ1v) is 6.88. The van der Waals surface area contributed by atoms with Crippen LogP contribution >= 0.6 is 0 Å². The average molecular weight is 249 g/mol. The van der Waals surface area contributed by atoms with Crippen LogP contribution in [-0.2, 0) is 11.3 Å². The predicted molar refractivity (Wildman–Crippen MR) is 77.8 cm³/mol. The first-order chi connectivity index (χ1) is 8.48. The second-order valence-corrected chi connectivity index (χ2v) is 5.26. The summed E-state index contributed by atoms with van der Waals surface area (Å²) >= 11 is 0. The maximum absolute atomic E-state index is 6.14. The SMILES string of the molecule is CCC(CC)(CN)OCc1c(C)cc(C)cc1C. The molecular weight excluding hydrogens is 222 g/mol. The first-order valence-electron chi connectivity index (χ1n) is 6.88. The van der Waals surface area contributed by atoms with E-state index in [1.807, 2.05) is 0 Å². The molecule has 1 aromatic rings. The van der Waals surface area contributed by atoms with Gasteiger partial charge in [0.25, 0.3) is 0 Å². The van der Waals surface area contributed by atoms with Gasteiger partial charge >= 0.3 is 0 Å². The minimum atomic E-state index is -0.163. The molecule has 2 heteroatoms. The summed E-state index contributed by atoms with van der Waals surface area (Å²) in [6.45, 7) is 12.0. The Morgan fingerprint density at radius 3 is 1.94 bits per heavy atom. The number of nitrogens with two attached hydrogens (primary N) is 1. The van der Waals surface area contributed by atoms with Gasteiger partial charge in [-0.15, -0.1) is 0 Å². The fourth-order valence-corrected chi connectivity index (χ4v) is 2.46. The summed E-state index contributed by atoms with van der Waals surface area (Å²) in [6, 6.07) is 4.43. The Morgan fingerprint density at radius 2 is 1.56 bits per heavy atom. The van der Waals surface area contributed by atoms with Crippen molar-refractivity contribution in [3.8, 4) is 0 Å². The Bertz CT molecular complexity index is 363. The Kier molecular flexibility index (Phi) is 5.36. The largest absolute Gasteiger partial charge is 0.369 e. The topological polar surface area (TPSA) is 35.2 Å². The van der Waals surface area contributed by atoms with Crippen LogP contribution in [0.2, 0.25) is 0 Å². The van der Waals surface area contributed by atoms with Crippen LogP contribution in [0.4, 0.5) is 0 Å². The Hall–Kier alpha value is -0.860. The van der Waals surface area contributed by atoms with E-state index in [0.29, 0.717) is 13.2 Å². The average Bonchev–Trinajstić information content (AvgIpc) is 2.33. The fraction of sp³-hybridized carbons (Fsp3) is 0.625. The number of hydrogen-bond acceptors (Lipinski definition) is 2. The molecule has 0 saturated carbocycles.